The van der Waals surface area contributed by atoms with E-state index in [9.17, 15) is 27.6 Å². The molecule has 0 aliphatic carbocycles. The first-order chi connectivity index (χ1) is 16.9. The molecule has 3 amide bonds. The minimum atomic E-state index is -4.61. The molecule has 7 nitrogen and oxygen atoms in total. The maximum absolute atomic E-state index is 13.4. The van der Waals surface area contributed by atoms with Crippen LogP contribution < -0.4 is 15.5 Å². The van der Waals surface area contributed by atoms with E-state index in [2.05, 4.69) is 22.5 Å². The predicted octanol–water partition coefficient (Wildman–Crippen LogP) is 3.50. The van der Waals surface area contributed by atoms with E-state index in [0.29, 0.717) is 19.0 Å². The second kappa shape index (κ2) is 11.0. The van der Waals surface area contributed by atoms with E-state index in [0.717, 1.165) is 43.0 Å². The van der Waals surface area contributed by atoms with Crippen LogP contribution in [0.5, 0.6) is 0 Å². The molecule has 2 heterocycles. The first-order valence-electron chi connectivity index (χ1n) is 12.4. The van der Waals surface area contributed by atoms with Crippen LogP contribution in [-0.2, 0) is 20.6 Å². The average Bonchev–Trinajstić information content (AvgIpc) is 2.84. The lowest BCUT2D eigenvalue weighted by molar-refractivity contribution is -0.138. The predicted molar refractivity (Wildman–Crippen MR) is 131 cm³/mol. The maximum atomic E-state index is 13.4. The van der Waals surface area contributed by atoms with Crippen molar-refractivity contribution in [1.29, 1.82) is 0 Å². The van der Waals surface area contributed by atoms with Gasteiger partial charge in [0.2, 0.25) is 5.91 Å². The molecule has 1 saturated heterocycles. The van der Waals surface area contributed by atoms with Crippen molar-refractivity contribution in [3.8, 4) is 0 Å². The maximum Gasteiger partial charge on any atom is 0.416 e. The highest BCUT2D eigenvalue weighted by Gasteiger charge is 2.48. The highest BCUT2D eigenvalue weighted by molar-refractivity contribution is 6.25. The number of benzene rings is 1. The van der Waals surface area contributed by atoms with Crippen molar-refractivity contribution in [3.63, 3.8) is 0 Å². The van der Waals surface area contributed by atoms with Gasteiger partial charge in [-0.05, 0) is 70.9 Å². The van der Waals surface area contributed by atoms with Gasteiger partial charge in [0.15, 0.2) is 0 Å². The van der Waals surface area contributed by atoms with Crippen LogP contribution in [-0.4, -0.2) is 61.4 Å². The quantitative estimate of drug-likeness (QED) is 0.437. The van der Waals surface area contributed by atoms with Gasteiger partial charge < -0.3 is 20.4 Å². The van der Waals surface area contributed by atoms with Gasteiger partial charge in [0.1, 0.15) is 5.57 Å². The van der Waals surface area contributed by atoms with Gasteiger partial charge in [-0.3, -0.25) is 14.4 Å². The lowest BCUT2D eigenvalue weighted by atomic mass is 9.76. The highest BCUT2D eigenvalue weighted by Crippen LogP contribution is 2.39. The Labute approximate surface area is 210 Å². The summed E-state index contributed by atoms with van der Waals surface area (Å²) in [6.45, 7) is 7.51. The van der Waals surface area contributed by atoms with Crippen molar-refractivity contribution in [2.24, 2.45) is 5.41 Å². The van der Waals surface area contributed by atoms with Crippen LogP contribution in [0.3, 0.4) is 0 Å². The SMILES string of the molecule is CNC(=O)C1(C)C=C(C(=O)NCCCN2CCCCC2C)C(=O)N(c2cccc(C(F)(F)F)c2)C1C. The molecule has 1 aromatic carbocycles. The van der Waals surface area contributed by atoms with Gasteiger partial charge in [0.05, 0.1) is 17.0 Å². The molecule has 3 atom stereocenters. The van der Waals surface area contributed by atoms with Gasteiger partial charge in [-0.2, -0.15) is 13.2 Å². The van der Waals surface area contributed by atoms with Crippen LogP contribution in [0.25, 0.3) is 0 Å². The van der Waals surface area contributed by atoms with Crippen molar-refractivity contribution in [2.45, 2.75) is 64.7 Å². The molecule has 0 radical (unpaired) electrons. The van der Waals surface area contributed by atoms with Crippen LogP contribution in [0.2, 0.25) is 0 Å². The van der Waals surface area contributed by atoms with Gasteiger partial charge in [-0.15, -0.1) is 0 Å². The zero-order chi connectivity index (χ0) is 26.7. The molecule has 3 unspecified atom stereocenters. The molecule has 2 aliphatic rings. The lowest BCUT2D eigenvalue weighted by Gasteiger charge is -2.43. The summed E-state index contributed by atoms with van der Waals surface area (Å²) in [6.07, 6.45) is 0.942. The number of carbonyl (C=O) groups is 3. The number of amides is 3. The number of likely N-dealkylation sites (tertiary alicyclic amines) is 1. The zero-order valence-electron chi connectivity index (χ0n) is 21.2. The fourth-order valence-electron chi connectivity index (χ4n) is 4.99. The number of nitrogens with one attached hydrogen (secondary N) is 2. The largest absolute Gasteiger partial charge is 0.416 e. The van der Waals surface area contributed by atoms with Gasteiger partial charge in [-0.25, -0.2) is 0 Å². The Morgan fingerprint density at radius 2 is 1.92 bits per heavy atom. The second-order valence-electron chi connectivity index (χ2n) is 9.81. The van der Waals surface area contributed by atoms with Crippen molar-refractivity contribution >= 4 is 23.4 Å². The van der Waals surface area contributed by atoms with Crippen LogP contribution in [0, 0.1) is 5.41 Å². The molecule has 198 valence electrons. The molecular weight excluding hydrogens is 473 g/mol. The molecule has 1 aromatic rings. The van der Waals surface area contributed by atoms with Crippen molar-refractivity contribution in [3.05, 3.63) is 41.5 Å². The number of nitrogens with zero attached hydrogens (tertiary/aromatic N) is 2. The molecule has 1 fully saturated rings. The monoisotopic (exact) mass is 508 g/mol. The standard InChI is InChI=1S/C26H35F3N4O3/c1-17-9-5-6-13-32(17)14-8-12-31-22(34)21-16-25(3,24(36)30-4)18(2)33(23(21)35)20-11-7-10-19(15-20)26(27,28)29/h7,10-11,15-18H,5-6,8-9,12-14H2,1-4H3,(H,30,36)(H,31,34). The Kier molecular flexibility index (Phi) is 8.48. The number of piperidine rings is 1. The Bertz CT molecular complexity index is 1030. The molecule has 0 bridgehead atoms. The second-order valence-corrected chi connectivity index (χ2v) is 9.81. The van der Waals surface area contributed by atoms with E-state index in [-0.39, 0.29) is 11.3 Å². The van der Waals surface area contributed by atoms with Crippen LogP contribution in [0.15, 0.2) is 35.9 Å². The Morgan fingerprint density at radius 3 is 2.56 bits per heavy atom. The van der Waals surface area contributed by atoms with E-state index in [1.165, 1.54) is 31.7 Å². The molecule has 36 heavy (non-hydrogen) atoms. The van der Waals surface area contributed by atoms with Crippen LogP contribution in [0.1, 0.15) is 52.0 Å². The van der Waals surface area contributed by atoms with Crippen molar-refractivity contribution in [1.82, 2.24) is 15.5 Å². The minimum Gasteiger partial charge on any atom is -0.358 e. The smallest absolute Gasteiger partial charge is 0.358 e. The molecular formula is C26H35F3N4O3. The van der Waals surface area contributed by atoms with Gasteiger partial charge in [0, 0.05) is 31.9 Å². The summed E-state index contributed by atoms with van der Waals surface area (Å²) in [5.41, 5.74) is -2.56. The third-order valence-corrected chi connectivity index (χ3v) is 7.41. The van der Waals surface area contributed by atoms with E-state index < -0.39 is 40.9 Å². The van der Waals surface area contributed by atoms with Crippen LogP contribution in [0.4, 0.5) is 18.9 Å². The summed E-state index contributed by atoms with van der Waals surface area (Å²) in [6, 6.07) is 3.99. The number of hydrogen-bond acceptors (Lipinski definition) is 4. The summed E-state index contributed by atoms with van der Waals surface area (Å²) in [4.78, 5) is 42.8. The fourth-order valence-corrected chi connectivity index (χ4v) is 4.99. The van der Waals surface area contributed by atoms with E-state index in [1.807, 2.05) is 0 Å². The summed E-state index contributed by atoms with van der Waals surface area (Å²) in [7, 11) is 1.43. The summed E-state index contributed by atoms with van der Waals surface area (Å²) < 4.78 is 40.1. The number of hydrogen-bond donors (Lipinski definition) is 2. The van der Waals surface area contributed by atoms with Gasteiger partial charge >= 0.3 is 6.18 Å². The molecule has 2 N–H and O–H groups in total. The molecule has 0 aromatic heterocycles. The molecule has 0 saturated carbocycles. The zero-order valence-corrected chi connectivity index (χ0v) is 21.2. The number of alkyl halides is 3. The summed E-state index contributed by atoms with van der Waals surface area (Å²) >= 11 is 0. The number of anilines is 1. The molecule has 2 aliphatic heterocycles. The lowest BCUT2D eigenvalue weighted by Crippen LogP contribution is -2.58. The topological polar surface area (TPSA) is 81.8 Å². The summed E-state index contributed by atoms with van der Waals surface area (Å²) in [5.74, 6) is -1.85. The van der Waals surface area contributed by atoms with Gasteiger partial charge in [-0.1, -0.05) is 12.5 Å². The van der Waals surface area contributed by atoms with E-state index in [4.69, 9.17) is 0 Å². The number of halogens is 3. The van der Waals surface area contributed by atoms with Crippen molar-refractivity contribution in [2.75, 3.05) is 31.6 Å². The summed E-state index contributed by atoms with van der Waals surface area (Å²) in [5, 5.41) is 5.30. The third kappa shape index (κ3) is 5.74. The highest BCUT2D eigenvalue weighted by atomic mass is 19.4. The van der Waals surface area contributed by atoms with E-state index >= 15 is 0 Å². The van der Waals surface area contributed by atoms with Gasteiger partial charge in [0.25, 0.3) is 11.8 Å². The third-order valence-electron chi connectivity index (χ3n) is 7.41. The van der Waals surface area contributed by atoms with Crippen LogP contribution >= 0.6 is 0 Å². The molecule has 10 heteroatoms. The average molecular weight is 509 g/mol. The Balaban J connectivity index is 1.83. The van der Waals surface area contributed by atoms with Crippen molar-refractivity contribution < 1.29 is 27.6 Å². The normalized spacial score (nSPS) is 25.4. The Morgan fingerprint density at radius 1 is 1.19 bits per heavy atom. The molecule has 3 rings (SSSR count). The molecule has 0 spiro atoms. The fraction of sp³-hybridized carbons (Fsp3) is 0.577. The first kappa shape index (κ1) is 27.7. The first-order valence-corrected chi connectivity index (χ1v) is 12.4. The van der Waals surface area contributed by atoms with E-state index in [1.54, 1.807) is 13.8 Å². The number of carbonyl (C=O) groups excluding carboxylic acids is 3. The Hall–Kier alpha value is -2.88. The minimum absolute atomic E-state index is 0.0325. The number of rotatable bonds is 7.